The van der Waals surface area contributed by atoms with Crippen molar-refractivity contribution in [1.29, 1.82) is 0 Å². The second-order valence-corrected chi connectivity index (χ2v) is 2.20. The molecule has 0 radical (unpaired) electrons. The molecular weight excluding hydrogens is 136 g/mol. The van der Waals surface area contributed by atoms with E-state index in [4.69, 9.17) is 0 Å². The Bertz CT molecular complexity index is 398. The molecule has 2 heteroatoms. The molecule has 1 aliphatic heterocycles. The Hall–Kier alpha value is -1.66. The van der Waals surface area contributed by atoms with E-state index >= 15 is 0 Å². The molecule has 52 valence electrons. The third-order valence-corrected chi connectivity index (χ3v) is 1.48. The maximum absolute atomic E-state index is 4.13. The van der Waals surface area contributed by atoms with Crippen LogP contribution in [-0.2, 0) is 0 Å². The van der Waals surface area contributed by atoms with Crippen molar-refractivity contribution in [3.8, 4) is 0 Å². The lowest BCUT2D eigenvalue weighted by Gasteiger charge is -1.82. The molecular formula is C9H6N2. The number of hydrogen-bond donors (Lipinski definition) is 0. The highest BCUT2D eigenvalue weighted by Gasteiger charge is 1.83. The second-order valence-electron chi connectivity index (χ2n) is 2.20. The number of hydrogen-bond acceptors (Lipinski definition) is 2. The van der Waals surface area contributed by atoms with E-state index in [1.807, 2.05) is 24.3 Å². The highest BCUT2D eigenvalue weighted by Crippen LogP contribution is 1.76. The maximum Gasteiger partial charge on any atom is 0.0889 e. The first-order valence-electron chi connectivity index (χ1n) is 3.37. The largest absolute Gasteiger partial charge is 0.246 e. The molecule has 11 heavy (non-hydrogen) atoms. The van der Waals surface area contributed by atoms with Gasteiger partial charge in [-0.2, -0.15) is 0 Å². The highest BCUT2D eigenvalue weighted by molar-refractivity contribution is 5.56. The zero-order valence-electron chi connectivity index (χ0n) is 5.86. The fourth-order valence-corrected chi connectivity index (χ4v) is 0.953. The fourth-order valence-electron chi connectivity index (χ4n) is 0.953. The first kappa shape index (κ1) is 6.08. The number of aliphatic imine (C=N–C) groups is 1. The monoisotopic (exact) mass is 142 g/mol. The molecule has 0 saturated carbocycles. The molecule has 0 atom stereocenters. The van der Waals surface area contributed by atoms with E-state index in [9.17, 15) is 0 Å². The summed E-state index contributed by atoms with van der Waals surface area (Å²) in [6.07, 6.45) is 3.32. The maximum atomic E-state index is 4.13. The average molecular weight is 142 g/mol. The lowest BCUT2D eigenvalue weighted by atomic mass is 10.3. The van der Waals surface area contributed by atoms with Crippen molar-refractivity contribution in [3.63, 3.8) is 0 Å². The van der Waals surface area contributed by atoms with Crippen LogP contribution < -0.4 is 10.6 Å². The summed E-state index contributed by atoms with van der Waals surface area (Å²) in [6.45, 7) is 0. The van der Waals surface area contributed by atoms with E-state index in [0.29, 0.717) is 0 Å². The highest BCUT2D eigenvalue weighted by atomic mass is 14.7. The van der Waals surface area contributed by atoms with Crippen molar-refractivity contribution in [1.82, 2.24) is 0 Å². The molecule has 0 amide bonds. The third kappa shape index (κ3) is 1.11. The van der Waals surface area contributed by atoms with E-state index in [2.05, 4.69) is 15.9 Å². The van der Waals surface area contributed by atoms with Crippen molar-refractivity contribution < 1.29 is 0 Å². The zero-order chi connectivity index (χ0) is 7.52. The van der Waals surface area contributed by atoms with Gasteiger partial charge in [0.15, 0.2) is 0 Å². The van der Waals surface area contributed by atoms with Crippen molar-refractivity contribution in [2.75, 3.05) is 0 Å². The summed E-state index contributed by atoms with van der Waals surface area (Å²) in [4.78, 5) is 8.01. The quantitative estimate of drug-likeness (QED) is 0.496. The first-order chi connectivity index (χ1) is 5.47. The van der Waals surface area contributed by atoms with E-state index in [1.54, 1.807) is 12.4 Å². The van der Waals surface area contributed by atoms with Gasteiger partial charge in [-0.15, -0.1) is 0 Å². The van der Waals surface area contributed by atoms with Crippen LogP contribution in [0.1, 0.15) is 0 Å². The summed E-state index contributed by atoms with van der Waals surface area (Å²) < 4.78 is 0. The van der Waals surface area contributed by atoms with Gasteiger partial charge < -0.3 is 0 Å². The number of nitrogens with zero attached hydrogens (tertiary/aromatic N) is 2. The van der Waals surface area contributed by atoms with Crippen LogP contribution in [0, 0.1) is 0 Å². The van der Waals surface area contributed by atoms with Gasteiger partial charge in [0.2, 0.25) is 0 Å². The van der Waals surface area contributed by atoms with Crippen LogP contribution in [-0.4, -0.2) is 5.87 Å². The average Bonchev–Trinajstić information content (AvgIpc) is 2.28. The van der Waals surface area contributed by atoms with Gasteiger partial charge in [0.1, 0.15) is 0 Å². The summed E-state index contributed by atoms with van der Waals surface area (Å²) in [6, 6.07) is 7.84. The molecule has 1 aromatic carbocycles. The minimum absolute atomic E-state index is 0.946. The number of para-hydroxylation sites is 1. The van der Waals surface area contributed by atoms with E-state index < -0.39 is 0 Å². The molecule has 0 aliphatic carbocycles. The molecule has 2 rings (SSSR count). The molecule has 0 aromatic heterocycles. The van der Waals surface area contributed by atoms with Gasteiger partial charge in [0.05, 0.1) is 11.6 Å². The molecule has 0 fully saturated rings. The summed E-state index contributed by atoms with van der Waals surface area (Å²) in [5.41, 5.74) is 0. The molecule has 0 saturated heterocycles. The van der Waals surface area contributed by atoms with Crippen LogP contribution in [0.25, 0.3) is 6.20 Å². The summed E-state index contributed by atoms with van der Waals surface area (Å²) in [5, 5.41) is 1.98. The Morgan fingerprint density at radius 1 is 1.18 bits per heavy atom. The smallest absolute Gasteiger partial charge is 0.0889 e. The van der Waals surface area contributed by atoms with E-state index in [1.165, 1.54) is 0 Å². The van der Waals surface area contributed by atoms with Crippen LogP contribution in [0.4, 0.5) is 0 Å². The summed E-state index contributed by atoms with van der Waals surface area (Å²) in [5.74, 6) is 2.67. The zero-order valence-corrected chi connectivity index (χ0v) is 5.86. The lowest BCUT2D eigenvalue weighted by molar-refractivity contribution is 1.32. The number of fused-ring (bicyclic) bond motifs is 1. The van der Waals surface area contributed by atoms with E-state index in [0.717, 1.165) is 10.6 Å². The topological polar surface area (TPSA) is 24.7 Å². The minimum atomic E-state index is 0.946. The lowest BCUT2D eigenvalue weighted by Crippen LogP contribution is -2.22. The number of rotatable bonds is 0. The van der Waals surface area contributed by atoms with Gasteiger partial charge in [-0.25, -0.2) is 9.98 Å². The molecule has 0 N–H and O–H groups in total. The van der Waals surface area contributed by atoms with Gasteiger partial charge in [-0.1, -0.05) is 18.2 Å². The minimum Gasteiger partial charge on any atom is -0.246 e. The predicted molar refractivity (Wildman–Crippen MR) is 43.7 cm³/mol. The summed E-state index contributed by atoms with van der Waals surface area (Å²) >= 11 is 0. The Morgan fingerprint density at radius 3 is 3.09 bits per heavy atom. The van der Waals surface area contributed by atoms with Gasteiger partial charge in [-0.3, -0.25) is 0 Å². The van der Waals surface area contributed by atoms with Crippen LogP contribution in [0.5, 0.6) is 0 Å². The van der Waals surface area contributed by atoms with Crippen molar-refractivity contribution in [2.24, 2.45) is 9.98 Å². The van der Waals surface area contributed by atoms with Crippen LogP contribution in [0.3, 0.4) is 0 Å². The molecule has 1 aromatic rings. The Morgan fingerprint density at radius 2 is 2.09 bits per heavy atom. The second kappa shape index (κ2) is 2.52. The van der Waals surface area contributed by atoms with Gasteiger partial charge >= 0.3 is 0 Å². The van der Waals surface area contributed by atoms with Crippen molar-refractivity contribution in [3.05, 3.63) is 41.0 Å². The predicted octanol–water partition coefficient (Wildman–Crippen LogP) is 0.241. The number of benzene rings is 1. The van der Waals surface area contributed by atoms with Crippen LogP contribution in [0.2, 0.25) is 0 Å². The Kier molecular flexibility index (Phi) is 1.39. The van der Waals surface area contributed by atoms with Crippen LogP contribution in [0.15, 0.2) is 40.5 Å². The van der Waals surface area contributed by atoms with Gasteiger partial charge in [0, 0.05) is 17.3 Å². The van der Waals surface area contributed by atoms with E-state index in [-0.39, 0.29) is 0 Å². The van der Waals surface area contributed by atoms with Gasteiger partial charge in [0.25, 0.3) is 0 Å². The first-order valence-corrected chi connectivity index (χ1v) is 3.37. The molecule has 0 unspecified atom stereocenters. The standard InChI is InChI=1S/C9H6N2/c1-2-4-9-8(3-1)7-10-5-6-11-9/h1-4,6-7H. The summed E-state index contributed by atoms with van der Waals surface area (Å²) in [7, 11) is 0. The molecule has 1 aliphatic rings. The Labute approximate surface area is 63.9 Å². The normalized spacial score (nSPS) is 12.7. The molecule has 2 nitrogen and oxygen atoms in total. The molecule has 0 bridgehead atoms. The molecule has 0 spiro atoms. The Balaban J connectivity index is 2.91. The van der Waals surface area contributed by atoms with Crippen molar-refractivity contribution >= 4 is 12.1 Å². The van der Waals surface area contributed by atoms with Crippen molar-refractivity contribution in [2.45, 2.75) is 0 Å². The third-order valence-electron chi connectivity index (χ3n) is 1.48. The van der Waals surface area contributed by atoms with Gasteiger partial charge in [-0.05, 0) is 6.07 Å². The fraction of sp³-hybridized carbons (Fsp3) is 0. The SMILES string of the molecule is C1=CN=c2ccccc2=CN=1. The van der Waals surface area contributed by atoms with Crippen LogP contribution >= 0.6 is 0 Å². The molecule has 1 heterocycles.